The number of carbonyl (C=O) groups excluding carboxylic acids is 2. The van der Waals surface area contributed by atoms with Crippen LogP contribution in [0.3, 0.4) is 0 Å². The molecule has 4 aliphatic carbocycles. The molecular formula is C34H54O4. The zero-order valence-electron chi connectivity index (χ0n) is 26.0. The summed E-state index contributed by atoms with van der Waals surface area (Å²) in [6.45, 7) is 22.1. The summed E-state index contributed by atoms with van der Waals surface area (Å²) in [6, 6.07) is 0. The van der Waals surface area contributed by atoms with Gasteiger partial charge in [0, 0.05) is 25.7 Å². The molecule has 0 spiro atoms. The van der Waals surface area contributed by atoms with E-state index in [1.807, 2.05) is 0 Å². The first-order chi connectivity index (χ1) is 17.6. The van der Waals surface area contributed by atoms with Crippen LogP contribution >= 0.6 is 0 Å². The van der Waals surface area contributed by atoms with Crippen molar-refractivity contribution in [1.29, 1.82) is 0 Å². The van der Waals surface area contributed by atoms with Gasteiger partial charge in [0.2, 0.25) is 0 Å². The van der Waals surface area contributed by atoms with E-state index >= 15 is 0 Å². The Balaban J connectivity index is 1.66. The Hall–Kier alpha value is -1.58. The third-order valence-electron chi connectivity index (χ3n) is 12.4. The summed E-state index contributed by atoms with van der Waals surface area (Å²) in [5.74, 6) is 1.09. The fourth-order valence-electron chi connectivity index (χ4n) is 10.2. The molecule has 2 saturated carbocycles. The van der Waals surface area contributed by atoms with Crippen molar-refractivity contribution in [2.75, 3.05) is 0 Å². The molecule has 0 heterocycles. The molecule has 0 bridgehead atoms. The highest BCUT2D eigenvalue weighted by molar-refractivity contribution is 5.66. The van der Waals surface area contributed by atoms with Crippen molar-refractivity contribution in [2.24, 2.45) is 39.4 Å². The predicted molar refractivity (Wildman–Crippen MR) is 153 cm³/mol. The van der Waals surface area contributed by atoms with E-state index in [1.165, 1.54) is 44.1 Å². The zero-order chi connectivity index (χ0) is 28.3. The molecule has 4 heteroatoms. The first-order valence-electron chi connectivity index (χ1n) is 15.3. The topological polar surface area (TPSA) is 52.6 Å². The summed E-state index contributed by atoms with van der Waals surface area (Å²) in [6.07, 6.45) is 12.2. The molecule has 4 nitrogen and oxygen atoms in total. The number of hydrogen-bond donors (Lipinski definition) is 0. The van der Waals surface area contributed by atoms with Crippen LogP contribution < -0.4 is 0 Å². The lowest BCUT2D eigenvalue weighted by Gasteiger charge is -2.62. The summed E-state index contributed by atoms with van der Waals surface area (Å²) in [7, 11) is 0. The molecule has 0 radical (unpaired) electrons. The summed E-state index contributed by atoms with van der Waals surface area (Å²) < 4.78 is 11.8. The van der Waals surface area contributed by atoms with Gasteiger partial charge in [-0.25, -0.2) is 0 Å². The number of fused-ring (bicyclic) bond motifs is 4. The maximum Gasteiger partial charge on any atom is 0.302 e. The summed E-state index contributed by atoms with van der Waals surface area (Å²) in [5.41, 5.74) is 5.36. The van der Waals surface area contributed by atoms with Gasteiger partial charge in [0.15, 0.2) is 0 Å². The average molecular weight is 527 g/mol. The first-order valence-corrected chi connectivity index (χ1v) is 15.3. The number of ether oxygens (including phenoxy) is 2. The number of carbonyl (C=O) groups is 2. The minimum Gasteiger partial charge on any atom is -0.462 e. The maximum atomic E-state index is 12.1. The normalized spacial score (nSPS) is 39.3. The van der Waals surface area contributed by atoms with E-state index in [0.717, 1.165) is 19.3 Å². The molecule has 2 fully saturated rings. The van der Waals surface area contributed by atoms with E-state index in [9.17, 15) is 9.59 Å². The second-order valence-corrected chi connectivity index (χ2v) is 14.8. The van der Waals surface area contributed by atoms with Crippen LogP contribution in [0.1, 0.15) is 127 Å². The van der Waals surface area contributed by atoms with Crippen LogP contribution in [0.15, 0.2) is 22.8 Å². The van der Waals surface area contributed by atoms with Gasteiger partial charge in [0.05, 0.1) is 0 Å². The molecule has 0 aromatic heterocycles. The van der Waals surface area contributed by atoms with Crippen LogP contribution in [0.4, 0.5) is 0 Å². The molecular weight excluding hydrogens is 472 g/mol. The maximum absolute atomic E-state index is 12.1. The third-order valence-corrected chi connectivity index (χ3v) is 12.4. The Morgan fingerprint density at radius 3 is 2.18 bits per heavy atom. The van der Waals surface area contributed by atoms with Crippen molar-refractivity contribution in [3.05, 3.63) is 22.8 Å². The Morgan fingerprint density at radius 1 is 0.895 bits per heavy atom. The molecule has 0 saturated heterocycles. The third kappa shape index (κ3) is 4.60. The highest BCUT2D eigenvalue weighted by atomic mass is 16.5. The van der Waals surface area contributed by atoms with E-state index in [0.29, 0.717) is 17.8 Å². The molecule has 0 aliphatic heterocycles. The molecule has 214 valence electrons. The minimum absolute atomic E-state index is 0.0143. The molecule has 38 heavy (non-hydrogen) atoms. The van der Waals surface area contributed by atoms with E-state index in [2.05, 4.69) is 61.5 Å². The van der Waals surface area contributed by atoms with E-state index in [1.54, 1.807) is 25.0 Å². The molecule has 1 unspecified atom stereocenters. The lowest BCUT2D eigenvalue weighted by molar-refractivity contribution is -0.167. The lowest BCUT2D eigenvalue weighted by Crippen LogP contribution is -2.56. The van der Waals surface area contributed by atoms with Gasteiger partial charge >= 0.3 is 11.9 Å². The van der Waals surface area contributed by atoms with Crippen molar-refractivity contribution in [3.63, 3.8) is 0 Å². The Morgan fingerprint density at radius 2 is 1.58 bits per heavy atom. The van der Waals surface area contributed by atoms with Crippen LogP contribution in [-0.2, 0) is 19.1 Å². The SMILES string of the molecule is CC(=O)O[C@@H](CC=C(C)C)C(C)[C@@H]1CC[C@@]2(C)C3=C(CC[C@]12C)[C@@]1(C)CC[C@H](OC(C)=O)C(C)(C)[C@@H]1CC3. The molecule has 4 aliphatic rings. The fraction of sp³-hybridized carbons (Fsp3) is 0.824. The van der Waals surface area contributed by atoms with Crippen LogP contribution in [0.2, 0.25) is 0 Å². The van der Waals surface area contributed by atoms with Gasteiger partial charge in [-0.3, -0.25) is 9.59 Å². The van der Waals surface area contributed by atoms with Gasteiger partial charge in [-0.05, 0) is 99.2 Å². The second kappa shape index (κ2) is 10.1. The van der Waals surface area contributed by atoms with Crippen molar-refractivity contribution in [3.8, 4) is 0 Å². The van der Waals surface area contributed by atoms with E-state index in [-0.39, 0.29) is 45.8 Å². The second-order valence-electron chi connectivity index (χ2n) is 14.8. The highest BCUT2D eigenvalue weighted by Gasteiger charge is 2.64. The van der Waals surface area contributed by atoms with Gasteiger partial charge < -0.3 is 9.47 Å². The van der Waals surface area contributed by atoms with E-state index < -0.39 is 0 Å². The average Bonchev–Trinajstić information content (AvgIpc) is 3.09. The van der Waals surface area contributed by atoms with Crippen LogP contribution in [-0.4, -0.2) is 24.1 Å². The van der Waals surface area contributed by atoms with Crippen molar-refractivity contribution >= 4 is 11.9 Å². The summed E-state index contributed by atoms with van der Waals surface area (Å²) in [4.78, 5) is 23.9. The number of rotatable bonds is 6. The lowest BCUT2D eigenvalue weighted by atomic mass is 9.43. The highest BCUT2D eigenvalue weighted by Crippen LogP contribution is 2.72. The van der Waals surface area contributed by atoms with Gasteiger partial charge in [-0.1, -0.05) is 64.3 Å². The molecule has 0 aromatic carbocycles. The van der Waals surface area contributed by atoms with Gasteiger partial charge in [0.1, 0.15) is 12.2 Å². The number of allylic oxidation sites excluding steroid dienone is 3. The molecule has 8 atom stereocenters. The van der Waals surface area contributed by atoms with Gasteiger partial charge in [-0.15, -0.1) is 0 Å². The molecule has 4 rings (SSSR count). The predicted octanol–water partition coefficient (Wildman–Crippen LogP) is 8.59. The Labute approximate surface area is 232 Å². The summed E-state index contributed by atoms with van der Waals surface area (Å²) >= 11 is 0. The molecule has 0 N–H and O–H groups in total. The van der Waals surface area contributed by atoms with Crippen LogP contribution in [0, 0.1) is 39.4 Å². The van der Waals surface area contributed by atoms with Gasteiger partial charge in [0.25, 0.3) is 0 Å². The summed E-state index contributed by atoms with van der Waals surface area (Å²) in [5, 5.41) is 0. The smallest absolute Gasteiger partial charge is 0.302 e. The molecule has 0 amide bonds. The first kappa shape index (κ1) is 29.4. The monoisotopic (exact) mass is 526 g/mol. The Kier molecular flexibility index (Phi) is 7.82. The van der Waals surface area contributed by atoms with Crippen molar-refractivity contribution < 1.29 is 19.1 Å². The number of esters is 2. The standard InChI is InChI=1S/C34H54O4/c1-21(2)11-13-28(37-23(4)35)22(3)25-15-19-34(10)27-12-14-29-31(6,7)30(38-24(5)36)17-18-32(29,8)26(27)16-20-33(25,34)9/h11,22,25,28-30H,12-20H2,1-10H3/t22?,25-,28-,29-,30-,32+,33+,34-/m0/s1. The van der Waals surface area contributed by atoms with E-state index in [4.69, 9.17) is 9.47 Å². The van der Waals surface area contributed by atoms with Crippen molar-refractivity contribution in [1.82, 2.24) is 0 Å². The fourth-order valence-corrected chi connectivity index (χ4v) is 10.2. The molecule has 0 aromatic rings. The van der Waals surface area contributed by atoms with Crippen molar-refractivity contribution in [2.45, 2.75) is 139 Å². The Bertz CT molecular complexity index is 1020. The number of hydrogen-bond acceptors (Lipinski definition) is 4. The van der Waals surface area contributed by atoms with Crippen LogP contribution in [0.25, 0.3) is 0 Å². The van der Waals surface area contributed by atoms with Gasteiger partial charge in [-0.2, -0.15) is 0 Å². The minimum atomic E-state index is -0.165. The zero-order valence-corrected chi connectivity index (χ0v) is 26.0. The van der Waals surface area contributed by atoms with Crippen LogP contribution in [0.5, 0.6) is 0 Å². The quantitative estimate of drug-likeness (QED) is 0.257. The largest absolute Gasteiger partial charge is 0.462 e.